The van der Waals surface area contributed by atoms with E-state index >= 15 is 0 Å². The number of nitrogens with zero attached hydrogens (tertiary/aromatic N) is 5. The van der Waals surface area contributed by atoms with Gasteiger partial charge in [-0.1, -0.05) is 165 Å². The molecule has 0 radical (unpaired) electrons. The molecule has 0 spiro atoms. The number of fused-ring (bicyclic) bond motifs is 1. The van der Waals surface area contributed by atoms with Crippen molar-refractivity contribution < 1.29 is 52.8 Å². The monoisotopic (exact) mass is 1480 g/mol. The number of carbonyl (C=O) groups is 6. The SMILES string of the molecule is C/C=C/CC.CC/C=C(\C)CCCC(C)(C)O.CC/C=C/CC.CC/C=C/N1C(=O)c2ccccc2C1=O.CCC1=CCCCC1.CCC1=CCCCN1C(=O)OC(C)(C)C.CCC1=CCCN1C(=O)OC(C)(C)C.CCC1=CN(C(=O)OC(C)(C)C)CCC1.CCCC1=CCCCN1C(=O)OC(C)(C)C. The predicted octanol–water partition coefficient (Wildman–Crippen LogP) is 26.0. The van der Waals surface area contributed by atoms with Crippen LogP contribution in [0.2, 0.25) is 0 Å². The van der Waals surface area contributed by atoms with Crippen molar-refractivity contribution in [2.24, 2.45) is 0 Å². The van der Waals surface area contributed by atoms with Crippen LogP contribution >= 0.6 is 0 Å². The molecule has 1 aromatic carbocycles. The summed E-state index contributed by atoms with van der Waals surface area (Å²) in [6.07, 6.45) is 51.5. The normalized spacial score (nSPS) is 16.0. The molecule has 1 N–H and O–H groups in total. The highest BCUT2D eigenvalue weighted by molar-refractivity contribution is 6.22. The molecule has 106 heavy (non-hydrogen) atoms. The zero-order chi connectivity index (χ0) is 81.1. The number of aliphatic hydroxyl groups is 1. The van der Waals surface area contributed by atoms with Crippen molar-refractivity contribution in [3.63, 3.8) is 0 Å². The van der Waals surface area contributed by atoms with Gasteiger partial charge in [0.2, 0.25) is 0 Å². The van der Waals surface area contributed by atoms with Crippen molar-refractivity contribution in [3.8, 4) is 0 Å². The Hall–Kier alpha value is -6.94. The molecule has 6 aliphatic rings. The molecule has 5 aliphatic heterocycles. The van der Waals surface area contributed by atoms with Gasteiger partial charge in [0.05, 0.1) is 16.7 Å². The molecule has 1 aliphatic carbocycles. The van der Waals surface area contributed by atoms with Crippen LogP contribution in [0, 0.1) is 0 Å². The molecule has 0 aromatic heterocycles. The maximum atomic E-state index is 12.0. The summed E-state index contributed by atoms with van der Waals surface area (Å²) in [6, 6.07) is 6.87. The molecule has 16 heteroatoms. The Morgan fingerprint density at radius 2 is 0.896 bits per heavy atom. The van der Waals surface area contributed by atoms with Crippen molar-refractivity contribution in [1.82, 2.24) is 24.5 Å². The minimum absolute atomic E-state index is 0.202. The van der Waals surface area contributed by atoms with E-state index < -0.39 is 28.0 Å². The van der Waals surface area contributed by atoms with Gasteiger partial charge in [0.25, 0.3) is 11.8 Å². The number of amides is 6. The summed E-state index contributed by atoms with van der Waals surface area (Å²) in [5.41, 5.74) is 6.60. The van der Waals surface area contributed by atoms with Gasteiger partial charge in [-0.3, -0.25) is 29.2 Å². The average molecular weight is 1480 g/mol. The molecule has 16 nitrogen and oxygen atoms in total. The van der Waals surface area contributed by atoms with Gasteiger partial charge in [-0.15, -0.1) is 0 Å². The summed E-state index contributed by atoms with van der Waals surface area (Å²) in [6.45, 7) is 54.9. The molecular formula is C90H153N5O11. The van der Waals surface area contributed by atoms with Crippen molar-refractivity contribution in [1.29, 1.82) is 0 Å². The minimum Gasteiger partial charge on any atom is -0.443 e. The van der Waals surface area contributed by atoms with Gasteiger partial charge in [-0.2, -0.15) is 0 Å². The van der Waals surface area contributed by atoms with Gasteiger partial charge in [-0.05, 0) is 277 Å². The summed E-state index contributed by atoms with van der Waals surface area (Å²) in [5.74, 6) is -0.472. The average Bonchev–Trinajstić information content (AvgIpc) is 1.64. The van der Waals surface area contributed by atoms with E-state index in [1.807, 2.05) is 117 Å². The highest BCUT2D eigenvalue weighted by Crippen LogP contribution is 2.27. The Labute approximate surface area is 647 Å². The van der Waals surface area contributed by atoms with E-state index in [4.69, 9.17) is 18.9 Å². The predicted molar refractivity (Wildman–Crippen MR) is 444 cm³/mol. The zero-order valence-electron chi connectivity index (χ0n) is 72.0. The first-order valence-electron chi connectivity index (χ1n) is 40.4. The molecule has 6 amide bonds. The molecule has 0 fully saturated rings. The number of imide groups is 1. The number of hydrogen-bond donors (Lipinski definition) is 1. The fourth-order valence-electron chi connectivity index (χ4n) is 11.1. The lowest BCUT2D eigenvalue weighted by Gasteiger charge is -2.31. The van der Waals surface area contributed by atoms with Gasteiger partial charge in [0.15, 0.2) is 0 Å². The molecule has 0 saturated heterocycles. The van der Waals surface area contributed by atoms with Crippen LogP contribution in [0.1, 0.15) is 361 Å². The summed E-state index contributed by atoms with van der Waals surface area (Å²) in [4.78, 5) is 78.9. The third kappa shape index (κ3) is 48.4. The molecule has 0 unspecified atom stereocenters. The second kappa shape index (κ2) is 55.5. The molecule has 0 atom stereocenters. The van der Waals surface area contributed by atoms with Gasteiger partial charge in [-0.25, -0.2) is 24.1 Å². The van der Waals surface area contributed by atoms with Gasteiger partial charge < -0.3 is 24.1 Å². The third-order valence-electron chi connectivity index (χ3n) is 16.3. The lowest BCUT2D eigenvalue weighted by atomic mass is 9.98. The summed E-state index contributed by atoms with van der Waals surface area (Å²) in [5, 5.41) is 9.44. The second-order valence-corrected chi connectivity index (χ2v) is 31.6. The van der Waals surface area contributed by atoms with Gasteiger partial charge in [0.1, 0.15) is 22.4 Å². The van der Waals surface area contributed by atoms with E-state index in [2.05, 4.69) is 124 Å². The van der Waals surface area contributed by atoms with Crippen LogP contribution in [-0.2, 0) is 18.9 Å². The molecule has 5 heterocycles. The lowest BCUT2D eigenvalue weighted by molar-refractivity contribution is 0.0286. The molecule has 1 aromatic rings. The molecule has 7 rings (SSSR count). The molecule has 0 bridgehead atoms. The number of carbonyl (C=O) groups excluding carboxylic acids is 6. The van der Waals surface area contributed by atoms with E-state index in [-0.39, 0.29) is 36.2 Å². The van der Waals surface area contributed by atoms with Crippen LogP contribution in [0.4, 0.5) is 19.2 Å². The smallest absolute Gasteiger partial charge is 0.414 e. The number of benzene rings is 1. The molecular weight excluding hydrogens is 1330 g/mol. The van der Waals surface area contributed by atoms with E-state index in [1.54, 1.807) is 61.7 Å². The Balaban J connectivity index is 0. The quantitative estimate of drug-likeness (QED) is 0.0947. The largest absolute Gasteiger partial charge is 0.443 e. The van der Waals surface area contributed by atoms with Crippen LogP contribution in [0.3, 0.4) is 0 Å². The Morgan fingerprint density at radius 3 is 1.27 bits per heavy atom. The van der Waals surface area contributed by atoms with Crippen molar-refractivity contribution in [3.05, 3.63) is 142 Å². The Kier molecular flexibility index (Phi) is 52.9. The zero-order valence-corrected chi connectivity index (χ0v) is 72.0. The summed E-state index contributed by atoms with van der Waals surface area (Å²) < 4.78 is 21.4. The van der Waals surface area contributed by atoms with Crippen LogP contribution in [-0.4, -0.2) is 120 Å². The first-order valence-corrected chi connectivity index (χ1v) is 40.4. The van der Waals surface area contributed by atoms with Crippen LogP contribution in [0.5, 0.6) is 0 Å². The highest BCUT2D eigenvalue weighted by Gasteiger charge is 2.34. The fourth-order valence-corrected chi connectivity index (χ4v) is 11.1. The van der Waals surface area contributed by atoms with E-state index in [0.29, 0.717) is 11.1 Å². The first-order chi connectivity index (χ1) is 49.7. The standard InChI is InChI=1S/C13H23NO2.C12H11NO2.2C12H21NO2.C11H19NO2.C11H22O.C8H14.C6H12.C5H10/c1-5-8-11-9-6-7-10-14(11)12(15)16-13(2,3)4;1-2-3-8-13-11(14)9-6-4-5-7-10(9)12(13)15;1-5-10-7-6-8-13(9-10)11(14)15-12(2,3)4;1-5-10-8-6-7-9-13(10)11(14)15-12(2,3)4;1-5-9-7-6-8-12(9)10(13)14-11(2,3)4;1-5-7-10(2)8-6-9-11(3,4)12;1-2-8-6-4-3-5-7-8;1-3-5-6-4-2;1-3-5-4-2/h9H,5-8,10H2,1-4H3;3-8H,2H2,1H3;9H,5-8H2,1-4H3;8H,5-7,9H2,1-4H3;7H,5-6,8H2,1-4H3;7,12H,5-6,8-9H2,1-4H3;6H,2-5,7H2,1H3;5-6H,3-4H2,1-2H3;3,5H,4H2,1-2H3/b;8-3+;;;;10-7+;;6-5+;5-3+. The highest BCUT2D eigenvalue weighted by atomic mass is 16.6. The number of rotatable bonds is 16. The van der Waals surface area contributed by atoms with Gasteiger partial charge in [0, 0.05) is 55.7 Å². The summed E-state index contributed by atoms with van der Waals surface area (Å²) in [7, 11) is 0. The minimum atomic E-state index is -0.494. The first kappa shape index (κ1) is 101. The topological polar surface area (TPSA) is 176 Å². The third-order valence-corrected chi connectivity index (χ3v) is 16.3. The number of allylic oxidation sites excluding steroid dienone is 15. The fraction of sp³-hybridized carbons (Fsp3) is 0.667. The van der Waals surface area contributed by atoms with E-state index in [9.17, 15) is 33.9 Å². The van der Waals surface area contributed by atoms with E-state index in [0.717, 1.165) is 164 Å². The van der Waals surface area contributed by atoms with Crippen molar-refractivity contribution in [2.45, 2.75) is 369 Å². The van der Waals surface area contributed by atoms with E-state index in [1.165, 1.54) is 56.1 Å². The van der Waals surface area contributed by atoms with Crippen molar-refractivity contribution in [2.75, 3.05) is 26.2 Å². The Morgan fingerprint density at radius 1 is 0.472 bits per heavy atom. The van der Waals surface area contributed by atoms with Crippen LogP contribution < -0.4 is 0 Å². The molecule has 0 saturated carbocycles. The summed E-state index contributed by atoms with van der Waals surface area (Å²) >= 11 is 0. The second-order valence-electron chi connectivity index (χ2n) is 31.6. The number of ether oxygens (including phenoxy) is 4. The van der Waals surface area contributed by atoms with Crippen LogP contribution in [0.15, 0.2) is 131 Å². The molecule has 604 valence electrons. The maximum Gasteiger partial charge on any atom is 0.414 e. The lowest BCUT2D eigenvalue weighted by Crippen LogP contribution is -2.38. The number of hydrogen-bond acceptors (Lipinski definition) is 11. The Bertz CT molecular complexity index is 2940. The van der Waals surface area contributed by atoms with Crippen LogP contribution in [0.25, 0.3) is 0 Å². The van der Waals surface area contributed by atoms with Crippen molar-refractivity contribution >= 4 is 36.2 Å². The van der Waals surface area contributed by atoms with Gasteiger partial charge >= 0.3 is 24.4 Å². The maximum absolute atomic E-state index is 12.0.